The summed E-state index contributed by atoms with van der Waals surface area (Å²) in [5.41, 5.74) is 6.70. The third kappa shape index (κ3) is 2.71. The molecule has 0 saturated carbocycles. The van der Waals surface area contributed by atoms with Gasteiger partial charge in [-0.25, -0.2) is 4.79 Å². The topological polar surface area (TPSA) is 75.1 Å². The molecule has 0 bridgehead atoms. The van der Waals surface area contributed by atoms with Crippen molar-refractivity contribution in [2.75, 3.05) is 12.3 Å². The molecule has 2 N–H and O–H groups in total. The van der Waals surface area contributed by atoms with Gasteiger partial charge in [0.25, 0.3) is 0 Å². The highest BCUT2D eigenvalue weighted by Gasteiger charge is 2.13. The smallest absolute Gasteiger partial charge is 0.355 e. The molecule has 0 amide bonds. The SMILES string of the molecule is CCn1cc(N)cc1C(=O)OCCn1cccn1. The van der Waals surface area contributed by atoms with Gasteiger partial charge in [-0.15, -0.1) is 0 Å². The number of nitrogens with two attached hydrogens (primary N) is 1. The summed E-state index contributed by atoms with van der Waals surface area (Å²) >= 11 is 0. The van der Waals surface area contributed by atoms with Gasteiger partial charge in [-0.3, -0.25) is 4.68 Å². The number of hydrogen-bond acceptors (Lipinski definition) is 4. The van der Waals surface area contributed by atoms with Gasteiger partial charge in [0.1, 0.15) is 12.3 Å². The number of esters is 1. The minimum atomic E-state index is -0.360. The van der Waals surface area contributed by atoms with Crippen LogP contribution in [0, 0.1) is 0 Å². The van der Waals surface area contributed by atoms with Gasteiger partial charge in [0.15, 0.2) is 0 Å². The van der Waals surface area contributed by atoms with Gasteiger partial charge in [-0.1, -0.05) is 0 Å². The number of ether oxygens (including phenoxy) is 1. The molecule has 2 rings (SSSR count). The van der Waals surface area contributed by atoms with E-state index < -0.39 is 0 Å². The average molecular weight is 248 g/mol. The van der Waals surface area contributed by atoms with Crippen LogP contribution < -0.4 is 5.73 Å². The summed E-state index contributed by atoms with van der Waals surface area (Å²) < 4.78 is 8.66. The molecule has 0 unspecified atom stereocenters. The summed E-state index contributed by atoms with van der Waals surface area (Å²) in [5.74, 6) is -0.360. The molecule has 96 valence electrons. The molecule has 6 heteroatoms. The number of hydrogen-bond donors (Lipinski definition) is 1. The van der Waals surface area contributed by atoms with E-state index in [9.17, 15) is 4.79 Å². The predicted molar refractivity (Wildman–Crippen MR) is 67.0 cm³/mol. The number of rotatable bonds is 5. The Kier molecular flexibility index (Phi) is 3.66. The summed E-state index contributed by atoms with van der Waals surface area (Å²) in [7, 11) is 0. The lowest BCUT2D eigenvalue weighted by atomic mass is 10.4. The molecular weight excluding hydrogens is 232 g/mol. The highest BCUT2D eigenvalue weighted by atomic mass is 16.5. The van der Waals surface area contributed by atoms with Crippen molar-refractivity contribution in [2.45, 2.75) is 20.0 Å². The van der Waals surface area contributed by atoms with E-state index in [0.29, 0.717) is 24.5 Å². The largest absolute Gasteiger partial charge is 0.459 e. The molecule has 0 aliphatic heterocycles. The molecule has 0 aliphatic carbocycles. The van der Waals surface area contributed by atoms with Crippen LogP contribution >= 0.6 is 0 Å². The minimum absolute atomic E-state index is 0.287. The van der Waals surface area contributed by atoms with E-state index in [0.717, 1.165) is 0 Å². The van der Waals surface area contributed by atoms with Crippen LogP contribution in [0.5, 0.6) is 0 Å². The van der Waals surface area contributed by atoms with Gasteiger partial charge in [-0.2, -0.15) is 5.10 Å². The molecule has 0 saturated heterocycles. The minimum Gasteiger partial charge on any atom is -0.459 e. The summed E-state index contributed by atoms with van der Waals surface area (Å²) in [6.45, 7) is 3.46. The summed E-state index contributed by atoms with van der Waals surface area (Å²) in [6, 6.07) is 3.45. The van der Waals surface area contributed by atoms with Crippen LogP contribution in [0.2, 0.25) is 0 Å². The molecular formula is C12H16N4O2. The molecule has 2 heterocycles. The molecule has 0 radical (unpaired) electrons. The number of carbonyl (C=O) groups excluding carboxylic acids is 1. The second-order valence-corrected chi connectivity index (χ2v) is 3.85. The molecule has 0 spiro atoms. The lowest BCUT2D eigenvalue weighted by Gasteiger charge is -2.07. The van der Waals surface area contributed by atoms with E-state index in [-0.39, 0.29) is 12.6 Å². The van der Waals surface area contributed by atoms with Crippen LogP contribution in [-0.2, 0) is 17.8 Å². The van der Waals surface area contributed by atoms with Gasteiger partial charge in [0, 0.05) is 25.1 Å². The maximum atomic E-state index is 11.8. The quantitative estimate of drug-likeness (QED) is 0.805. The number of anilines is 1. The van der Waals surface area contributed by atoms with Crippen molar-refractivity contribution in [1.82, 2.24) is 14.3 Å². The van der Waals surface area contributed by atoms with Crippen molar-refractivity contribution in [1.29, 1.82) is 0 Å². The van der Waals surface area contributed by atoms with Crippen molar-refractivity contribution in [3.8, 4) is 0 Å². The highest BCUT2D eigenvalue weighted by molar-refractivity contribution is 5.89. The molecule has 18 heavy (non-hydrogen) atoms. The average Bonchev–Trinajstić information content (AvgIpc) is 2.98. The number of carbonyl (C=O) groups is 1. The van der Waals surface area contributed by atoms with E-state index in [1.807, 2.05) is 19.2 Å². The molecule has 0 aliphatic rings. The van der Waals surface area contributed by atoms with Crippen molar-refractivity contribution in [3.63, 3.8) is 0 Å². The Morgan fingerprint density at radius 1 is 1.56 bits per heavy atom. The monoisotopic (exact) mass is 248 g/mol. The van der Waals surface area contributed by atoms with Crippen molar-refractivity contribution < 1.29 is 9.53 Å². The van der Waals surface area contributed by atoms with Gasteiger partial charge < -0.3 is 15.0 Å². The zero-order chi connectivity index (χ0) is 13.0. The van der Waals surface area contributed by atoms with Gasteiger partial charge in [0.2, 0.25) is 0 Å². The Morgan fingerprint density at radius 2 is 2.39 bits per heavy atom. The molecule has 2 aromatic heterocycles. The second-order valence-electron chi connectivity index (χ2n) is 3.85. The lowest BCUT2D eigenvalue weighted by Crippen LogP contribution is -2.14. The first-order chi connectivity index (χ1) is 8.70. The number of nitrogens with zero attached hydrogens (tertiary/aromatic N) is 3. The molecule has 2 aromatic rings. The van der Waals surface area contributed by atoms with Gasteiger partial charge in [-0.05, 0) is 19.1 Å². The van der Waals surface area contributed by atoms with E-state index in [1.54, 1.807) is 27.7 Å². The van der Waals surface area contributed by atoms with Crippen molar-refractivity contribution >= 4 is 11.7 Å². The Morgan fingerprint density at radius 3 is 3.06 bits per heavy atom. The second kappa shape index (κ2) is 5.39. The number of nitrogen functional groups attached to an aromatic ring is 1. The number of aryl methyl sites for hydroxylation is 1. The van der Waals surface area contributed by atoms with Gasteiger partial charge >= 0.3 is 5.97 Å². The summed E-state index contributed by atoms with van der Waals surface area (Å²) in [4.78, 5) is 11.8. The maximum absolute atomic E-state index is 11.8. The van der Waals surface area contributed by atoms with Crippen molar-refractivity contribution in [2.24, 2.45) is 0 Å². The lowest BCUT2D eigenvalue weighted by molar-refractivity contribution is 0.0475. The number of aromatic nitrogens is 3. The predicted octanol–water partition coefficient (Wildman–Crippen LogP) is 1.14. The van der Waals surface area contributed by atoms with Crippen LogP contribution in [0.4, 0.5) is 5.69 Å². The first-order valence-electron chi connectivity index (χ1n) is 5.81. The third-order valence-corrected chi connectivity index (χ3v) is 2.58. The fraction of sp³-hybridized carbons (Fsp3) is 0.333. The van der Waals surface area contributed by atoms with Gasteiger partial charge in [0.05, 0.1) is 12.2 Å². The standard InChI is InChI=1S/C12H16N4O2/c1-2-15-9-10(13)8-11(15)12(17)18-7-6-16-5-3-4-14-16/h3-5,8-9H,2,6-7,13H2,1H3. The van der Waals surface area contributed by atoms with Crippen LogP contribution in [0.3, 0.4) is 0 Å². The maximum Gasteiger partial charge on any atom is 0.355 e. The molecule has 6 nitrogen and oxygen atoms in total. The van der Waals surface area contributed by atoms with Crippen molar-refractivity contribution in [3.05, 3.63) is 36.4 Å². The zero-order valence-corrected chi connectivity index (χ0v) is 10.2. The van der Waals surface area contributed by atoms with Crippen LogP contribution in [-0.4, -0.2) is 26.9 Å². The van der Waals surface area contributed by atoms with Crippen LogP contribution in [0.25, 0.3) is 0 Å². The highest BCUT2D eigenvalue weighted by Crippen LogP contribution is 2.11. The van der Waals surface area contributed by atoms with E-state index >= 15 is 0 Å². The zero-order valence-electron chi connectivity index (χ0n) is 10.2. The molecule has 0 aromatic carbocycles. The Balaban J connectivity index is 1.91. The first kappa shape index (κ1) is 12.2. The third-order valence-electron chi connectivity index (χ3n) is 2.58. The Labute approximate surface area is 105 Å². The van der Waals surface area contributed by atoms with E-state index in [2.05, 4.69) is 5.10 Å². The first-order valence-corrected chi connectivity index (χ1v) is 5.81. The summed E-state index contributed by atoms with van der Waals surface area (Å²) in [6.07, 6.45) is 5.23. The van der Waals surface area contributed by atoms with E-state index in [4.69, 9.17) is 10.5 Å². The molecule has 0 fully saturated rings. The molecule has 0 atom stereocenters. The fourth-order valence-corrected chi connectivity index (χ4v) is 1.70. The fourth-order valence-electron chi connectivity index (χ4n) is 1.70. The van der Waals surface area contributed by atoms with Crippen LogP contribution in [0.15, 0.2) is 30.7 Å². The normalized spacial score (nSPS) is 10.5. The van der Waals surface area contributed by atoms with E-state index in [1.165, 1.54) is 0 Å². The Hall–Kier alpha value is -2.24. The summed E-state index contributed by atoms with van der Waals surface area (Å²) in [5, 5.41) is 4.02. The Bertz CT molecular complexity index is 516. The van der Waals surface area contributed by atoms with Crippen LogP contribution in [0.1, 0.15) is 17.4 Å².